The molecule has 0 spiro atoms. The third-order valence-electron chi connectivity index (χ3n) is 1.72. The van der Waals surface area contributed by atoms with Gasteiger partial charge in [-0.15, -0.1) is 0 Å². The highest BCUT2D eigenvalue weighted by atomic mass is 16.5. The minimum atomic E-state index is -0.125. The van der Waals surface area contributed by atoms with Crippen molar-refractivity contribution in [2.24, 2.45) is 0 Å². The van der Waals surface area contributed by atoms with Crippen LogP contribution in [-0.2, 0) is 14.3 Å². The average molecular weight is 280 g/mol. The fraction of sp³-hybridized carbons (Fsp3) is 0.929. The molecule has 118 valence electrons. The van der Waals surface area contributed by atoms with Crippen molar-refractivity contribution < 1.29 is 24.5 Å². The first-order chi connectivity index (χ1) is 9.14. The van der Waals surface area contributed by atoms with Gasteiger partial charge in [0.2, 0.25) is 0 Å². The van der Waals surface area contributed by atoms with Crippen molar-refractivity contribution in [1.29, 1.82) is 0 Å². The molecule has 0 aromatic carbocycles. The van der Waals surface area contributed by atoms with Gasteiger partial charge in [0, 0.05) is 19.6 Å². The van der Waals surface area contributed by atoms with Crippen molar-refractivity contribution in [3.63, 3.8) is 0 Å². The van der Waals surface area contributed by atoms with Crippen LogP contribution in [0.1, 0.15) is 53.4 Å². The maximum Gasteiger partial charge on any atom is 0.305 e. The van der Waals surface area contributed by atoms with Gasteiger partial charge in [-0.05, 0) is 26.7 Å². The third-order valence-corrected chi connectivity index (χ3v) is 1.72. The summed E-state index contributed by atoms with van der Waals surface area (Å²) in [6.07, 6.45) is 3.50. The second-order valence-electron chi connectivity index (χ2n) is 3.55. The number of hydrogen-bond acceptors (Lipinski definition) is 5. The number of unbranched alkanes of at least 4 members (excludes halogenated alkanes) is 1. The van der Waals surface area contributed by atoms with Crippen molar-refractivity contribution in [1.82, 2.24) is 0 Å². The molecule has 0 fully saturated rings. The van der Waals surface area contributed by atoms with E-state index in [2.05, 4.69) is 6.92 Å². The molecule has 0 atom stereocenters. The van der Waals surface area contributed by atoms with Crippen molar-refractivity contribution >= 4 is 5.97 Å². The Morgan fingerprint density at radius 1 is 0.947 bits per heavy atom. The molecule has 0 rings (SSSR count). The van der Waals surface area contributed by atoms with Crippen molar-refractivity contribution in [2.45, 2.75) is 53.4 Å². The minimum absolute atomic E-state index is 0.0593. The highest BCUT2D eigenvalue weighted by molar-refractivity contribution is 5.69. The average Bonchev–Trinajstić information content (AvgIpc) is 2.41. The number of hydrogen-bond donors (Lipinski definition) is 2. The summed E-state index contributed by atoms with van der Waals surface area (Å²) in [6, 6.07) is 0. The molecular weight excluding hydrogens is 248 g/mol. The van der Waals surface area contributed by atoms with Gasteiger partial charge in [0.25, 0.3) is 0 Å². The van der Waals surface area contributed by atoms with Crippen molar-refractivity contribution in [2.75, 3.05) is 33.0 Å². The normalized spacial score (nSPS) is 8.74. The van der Waals surface area contributed by atoms with Gasteiger partial charge in [-0.1, -0.05) is 20.3 Å². The summed E-state index contributed by atoms with van der Waals surface area (Å²) in [5, 5.41) is 15.2. The summed E-state index contributed by atoms with van der Waals surface area (Å²) < 4.78 is 9.72. The summed E-state index contributed by atoms with van der Waals surface area (Å²) in [5.41, 5.74) is 0. The molecule has 0 aliphatic rings. The van der Waals surface area contributed by atoms with Crippen LogP contribution in [0.25, 0.3) is 0 Å². The number of carbonyl (C=O) groups excluding carboxylic acids is 1. The lowest BCUT2D eigenvalue weighted by molar-refractivity contribution is -0.143. The van der Waals surface area contributed by atoms with Crippen LogP contribution in [0, 0.1) is 0 Å². The van der Waals surface area contributed by atoms with E-state index in [1.807, 2.05) is 20.8 Å². The number of esters is 1. The zero-order chi connectivity index (χ0) is 15.4. The smallest absolute Gasteiger partial charge is 0.305 e. The van der Waals surface area contributed by atoms with Gasteiger partial charge in [0.05, 0.1) is 19.8 Å². The van der Waals surface area contributed by atoms with Crippen LogP contribution >= 0.6 is 0 Å². The molecule has 0 unspecified atom stereocenters. The van der Waals surface area contributed by atoms with Gasteiger partial charge >= 0.3 is 5.97 Å². The molecule has 0 saturated carbocycles. The fourth-order valence-corrected chi connectivity index (χ4v) is 0.811. The molecule has 5 heteroatoms. The predicted octanol–water partition coefficient (Wildman–Crippen LogP) is 2.14. The molecule has 2 N–H and O–H groups in total. The first-order valence-electron chi connectivity index (χ1n) is 7.09. The summed E-state index contributed by atoms with van der Waals surface area (Å²) in [6.45, 7) is 10.1. The van der Waals surface area contributed by atoms with Crippen LogP contribution < -0.4 is 0 Å². The van der Waals surface area contributed by atoms with E-state index in [4.69, 9.17) is 19.7 Å². The van der Waals surface area contributed by atoms with E-state index < -0.39 is 0 Å². The Balaban J connectivity index is -0.000000238. The second kappa shape index (κ2) is 26.0. The standard InChI is InChI=1S/C8H16O2.C4H10O.C2H6O2/c1-3-5-7-10-8(9)6-4-2;1-3-5-4-2;3-1-2-4/h3-7H2,1-2H3;3-4H2,1-2H3;3-4H,1-2H2. The summed E-state index contributed by atoms with van der Waals surface area (Å²) in [4.78, 5) is 10.7. The molecule has 0 aliphatic heterocycles. The van der Waals surface area contributed by atoms with E-state index in [1.165, 1.54) is 0 Å². The van der Waals surface area contributed by atoms with Crippen LogP contribution in [0.4, 0.5) is 0 Å². The number of aliphatic hydroxyl groups excluding tert-OH is 2. The molecule has 0 aromatic rings. The highest BCUT2D eigenvalue weighted by Gasteiger charge is 1.97. The van der Waals surface area contributed by atoms with Crippen LogP contribution in [0.15, 0.2) is 0 Å². The largest absolute Gasteiger partial charge is 0.466 e. The third kappa shape index (κ3) is 38.2. The molecular formula is C14H32O5. The maximum absolute atomic E-state index is 10.7. The molecule has 0 bridgehead atoms. The molecule has 5 nitrogen and oxygen atoms in total. The monoisotopic (exact) mass is 280 g/mol. The van der Waals surface area contributed by atoms with Crippen LogP contribution in [-0.4, -0.2) is 49.2 Å². The van der Waals surface area contributed by atoms with Crippen LogP contribution in [0.2, 0.25) is 0 Å². The number of rotatable bonds is 8. The zero-order valence-electron chi connectivity index (χ0n) is 13.0. The van der Waals surface area contributed by atoms with Gasteiger partial charge in [-0.2, -0.15) is 0 Å². The molecule has 0 aliphatic carbocycles. The lowest BCUT2D eigenvalue weighted by Crippen LogP contribution is -2.04. The van der Waals surface area contributed by atoms with E-state index in [-0.39, 0.29) is 19.2 Å². The van der Waals surface area contributed by atoms with E-state index in [9.17, 15) is 4.79 Å². The van der Waals surface area contributed by atoms with E-state index in [0.29, 0.717) is 13.0 Å². The topological polar surface area (TPSA) is 76.0 Å². The maximum atomic E-state index is 10.7. The minimum Gasteiger partial charge on any atom is -0.466 e. The number of ether oxygens (including phenoxy) is 2. The molecule has 0 radical (unpaired) electrons. The Hall–Kier alpha value is -0.650. The molecule has 0 aromatic heterocycles. The van der Waals surface area contributed by atoms with Crippen molar-refractivity contribution in [3.8, 4) is 0 Å². The quantitative estimate of drug-likeness (QED) is 0.526. The Morgan fingerprint density at radius 3 is 1.74 bits per heavy atom. The van der Waals surface area contributed by atoms with Crippen molar-refractivity contribution in [3.05, 3.63) is 0 Å². The first-order valence-corrected chi connectivity index (χ1v) is 7.09. The summed E-state index contributed by atoms with van der Waals surface area (Å²) >= 11 is 0. The van der Waals surface area contributed by atoms with Gasteiger partial charge in [-0.3, -0.25) is 4.79 Å². The number of aliphatic hydroxyl groups is 2. The SMILES string of the molecule is CCCCOC(=O)CCC.CCOCC.OCCO. The molecule has 0 heterocycles. The van der Waals surface area contributed by atoms with Gasteiger partial charge in [0.15, 0.2) is 0 Å². The summed E-state index contributed by atoms with van der Waals surface area (Å²) in [7, 11) is 0. The Morgan fingerprint density at radius 2 is 1.47 bits per heavy atom. The molecule has 0 amide bonds. The fourth-order valence-electron chi connectivity index (χ4n) is 0.811. The number of carbonyl (C=O) groups is 1. The Bertz CT molecular complexity index is 147. The highest BCUT2D eigenvalue weighted by Crippen LogP contribution is 1.93. The van der Waals surface area contributed by atoms with E-state index in [0.717, 1.165) is 32.5 Å². The molecule has 0 saturated heterocycles. The van der Waals surface area contributed by atoms with Crippen LogP contribution in [0.3, 0.4) is 0 Å². The lowest BCUT2D eigenvalue weighted by atomic mass is 10.3. The van der Waals surface area contributed by atoms with E-state index >= 15 is 0 Å². The first kappa shape index (κ1) is 23.4. The Labute approximate surface area is 117 Å². The second-order valence-corrected chi connectivity index (χ2v) is 3.55. The Kier molecular flexibility index (Phi) is 32.1. The van der Waals surface area contributed by atoms with Crippen LogP contribution in [0.5, 0.6) is 0 Å². The lowest BCUT2D eigenvalue weighted by Gasteiger charge is -2.00. The zero-order valence-corrected chi connectivity index (χ0v) is 13.0. The van der Waals surface area contributed by atoms with E-state index in [1.54, 1.807) is 0 Å². The summed E-state index contributed by atoms with van der Waals surface area (Å²) in [5.74, 6) is -0.0593. The van der Waals surface area contributed by atoms with Gasteiger partial charge in [0.1, 0.15) is 0 Å². The predicted molar refractivity (Wildman–Crippen MR) is 77.1 cm³/mol. The van der Waals surface area contributed by atoms with Gasteiger partial charge in [-0.25, -0.2) is 0 Å². The van der Waals surface area contributed by atoms with Gasteiger partial charge < -0.3 is 19.7 Å². The molecule has 19 heavy (non-hydrogen) atoms.